The van der Waals surface area contributed by atoms with Gasteiger partial charge in [-0.15, -0.1) is 6.58 Å². The first-order valence-electron chi connectivity index (χ1n) is 6.73. The standard InChI is InChI=1S/C14H25N/c1-2-3-5-10-14(13-8-9-13)11-6-4-7-12-15-14/h2,13,15H,1,3-12H2. The second-order valence-corrected chi connectivity index (χ2v) is 5.35. The Labute approximate surface area is 94.3 Å². The van der Waals surface area contributed by atoms with E-state index in [1.54, 1.807) is 0 Å². The highest BCUT2D eigenvalue weighted by atomic mass is 15.0. The van der Waals surface area contributed by atoms with Crippen molar-refractivity contribution in [3.63, 3.8) is 0 Å². The minimum Gasteiger partial charge on any atom is -0.311 e. The monoisotopic (exact) mass is 207 g/mol. The first kappa shape index (κ1) is 11.2. The molecule has 0 aromatic carbocycles. The van der Waals surface area contributed by atoms with Gasteiger partial charge in [0.2, 0.25) is 0 Å². The maximum absolute atomic E-state index is 3.88. The molecule has 2 fully saturated rings. The van der Waals surface area contributed by atoms with E-state index in [0.29, 0.717) is 5.54 Å². The number of nitrogens with one attached hydrogen (secondary N) is 1. The van der Waals surface area contributed by atoms with Crippen LogP contribution in [0.5, 0.6) is 0 Å². The van der Waals surface area contributed by atoms with Gasteiger partial charge >= 0.3 is 0 Å². The van der Waals surface area contributed by atoms with Crippen LogP contribution in [0.3, 0.4) is 0 Å². The third kappa shape index (κ3) is 2.84. The zero-order valence-electron chi connectivity index (χ0n) is 9.93. The predicted molar refractivity (Wildman–Crippen MR) is 66.0 cm³/mol. The van der Waals surface area contributed by atoms with Gasteiger partial charge in [0, 0.05) is 5.54 Å². The fourth-order valence-corrected chi connectivity index (χ4v) is 3.13. The van der Waals surface area contributed by atoms with Crippen LogP contribution in [0.25, 0.3) is 0 Å². The molecule has 0 radical (unpaired) electrons. The molecule has 1 heterocycles. The lowest BCUT2D eigenvalue weighted by Crippen LogP contribution is -2.46. The molecule has 0 amide bonds. The van der Waals surface area contributed by atoms with Gasteiger partial charge < -0.3 is 5.32 Å². The molecule has 1 aliphatic heterocycles. The number of rotatable bonds is 5. The number of allylic oxidation sites excluding steroid dienone is 1. The van der Waals surface area contributed by atoms with Crippen molar-refractivity contribution < 1.29 is 0 Å². The van der Waals surface area contributed by atoms with Gasteiger partial charge in [0.1, 0.15) is 0 Å². The number of hydrogen-bond acceptors (Lipinski definition) is 1. The number of unbranched alkanes of at least 4 members (excludes halogenated alkanes) is 1. The fraction of sp³-hybridized carbons (Fsp3) is 0.857. The van der Waals surface area contributed by atoms with Gasteiger partial charge in [-0.25, -0.2) is 0 Å². The van der Waals surface area contributed by atoms with E-state index < -0.39 is 0 Å². The Morgan fingerprint density at radius 1 is 1.27 bits per heavy atom. The summed E-state index contributed by atoms with van der Waals surface area (Å²) >= 11 is 0. The molecule has 1 nitrogen and oxygen atoms in total. The van der Waals surface area contributed by atoms with Gasteiger partial charge in [-0.3, -0.25) is 0 Å². The number of hydrogen-bond donors (Lipinski definition) is 1. The zero-order valence-corrected chi connectivity index (χ0v) is 9.93. The van der Waals surface area contributed by atoms with Gasteiger partial charge in [-0.05, 0) is 57.4 Å². The highest BCUT2D eigenvalue weighted by molar-refractivity contribution is 5.01. The Morgan fingerprint density at radius 3 is 2.87 bits per heavy atom. The van der Waals surface area contributed by atoms with Crippen molar-refractivity contribution >= 4 is 0 Å². The summed E-state index contributed by atoms with van der Waals surface area (Å²) in [5, 5.41) is 3.88. The van der Waals surface area contributed by atoms with Gasteiger partial charge in [0.15, 0.2) is 0 Å². The molecule has 0 bridgehead atoms. The summed E-state index contributed by atoms with van der Waals surface area (Å²) in [5.41, 5.74) is 0.527. The lowest BCUT2D eigenvalue weighted by atomic mass is 9.83. The maximum Gasteiger partial charge on any atom is 0.0209 e. The van der Waals surface area contributed by atoms with Gasteiger partial charge in [-0.2, -0.15) is 0 Å². The van der Waals surface area contributed by atoms with Crippen molar-refractivity contribution in [3.05, 3.63) is 12.7 Å². The van der Waals surface area contributed by atoms with Gasteiger partial charge in [-0.1, -0.05) is 18.9 Å². The van der Waals surface area contributed by atoms with Crippen LogP contribution in [0, 0.1) is 5.92 Å². The van der Waals surface area contributed by atoms with Crippen LogP contribution in [0.2, 0.25) is 0 Å². The molecule has 1 unspecified atom stereocenters. The molecule has 1 N–H and O–H groups in total. The SMILES string of the molecule is C=CCCCC1(C2CC2)CCCCCN1. The summed E-state index contributed by atoms with van der Waals surface area (Å²) in [4.78, 5) is 0. The second kappa shape index (κ2) is 5.16. The van der Waals surface area contributed by atoms with Crippen LogP contribution in [-0.2, 0) is 0 Å². The van der Waals surface area contributed by atoms with E-state index in [4.69, 9.17) is 0 Å². The predicted octanol–water partition coefficient (Wildman–Crippen LogP) is 3.66. The van der Waals surface area contributed by atoms with E-state index >= 15 is 0 Å². The minimum absolute atomic E-state index is 0.527. The molecule has 0 spiro atoms. The van der Waals surface area contributed by atoms with Gasteiger partial charge in [0.05, 0.1) is 0 Å². The molecule has 86 valence electrons. The quantitative estimate of drug-likeness (QED) is 0.536. The Balaban J connectivity index is 1.91. The van der Waals surface area contributed by atoms with E-state index in [1.165, 1.54) is 64.3 Å². The van der Waals surface area contributed by atoms with Crippen molar-refractivity contribution in [2.45, 2.75) is 63.3 Å². The Kier molecular flexibility index (Phi) is 3.85. The van der Waals surface area contributed by atoms with E-state index in [-0.39, 0.29) is 0 Å². The van der Waals surface area contributed by atoms with E-state index in [1.807, 2.05) is 0 Å². The minimum atomic E-state index is 0.527. The zero-order chi connectivity index (χ0) is 10.6. The third-order valence-corrected chi connectivity index (χ3v) is 4.17. The van der Waals surface area contributed by atoms with Gasteiger partial charge in [0.25, 0.3) is 0 Å². The second-order valence-electron chi connectivity index (χ2n) is 5.35. The lowest BCUT2D eigenvalue weighted by molar-refractivity contribution is 0.248. The van der Waals surface area contributed by atoms with E-state index in [2.05, 4.69) is 18.0 Å². The van der Waals surface area contributed by atoms with Crippen LogP contribution in [0.4, 0.5) is 0 Å². The molecule has 0 aromatic rings. The Hall–Kier alpha value is -0.300. The van der Waals surface area contributed by atoms with Crippen LogP contribution in [0.15, 0.2) is 12.7 Å². The summed E-state index contributed by atoms with van der Waals surface area (Å²) in [6.45, 7) is 5.08. The fourth-order valence-electron chi connectivity index (χ4n) is 3.13. The van der Waals surface area contributed by atoms with Crippen molar-refractivity contribution in [1.82, 2.24) is 5.32 Å². The first-order chi connectivity index (χ1) is 7.37. The molecule has 1 heteroatoms. The molecular formula is C14H25N. The average Bonchev–Trinajstić information content (AvgIpc) is 3.06. The molecule has 2 rings (SSSR count). The van der Waals surface area contributed by atoms with Crippen LogP contribution >= 0.6 is 0 Å². The summed E-state index contributed by atoms with van der Waals surface area (Å²) < 4.78 is 0. The molecular weight excluding hydrogens is 182 g/mol. The first-order valence-corrected chi connectivity index (χ1v) is 6.73. The van der Waals surface area contributed by atoms with Crippen molar-refractivity contribution in [1.29, 1.82) is 0 Å². The summed E-state index contributed by atoms with van der Waals surface area (Å²) in [5.74, 6) is 1.00. The lowest BCUT2D eigenvalue weighted by Gasteiger charge is -2.34. The molecule has 1 aliphatic carbocycles. The highest BCUT2D eigenvalue weighted by Crippen LogP contribution is 2.45. The van der Waals surface area contributed by atoms with Crippen molar-refractivity contribution in [3.8, 4) is 0 Å². The normalized spacial score (nSPS) is 32.3. The third-order valence-electron chi connectivity index (χ3n) is 4.17. The molecule has 1 saturated heterocycles. The molecule has 1 atom stereocenters. The van der Waals surface area contributed by atoms with Crippen molar-refractivity contribution in [2.24, 2.45) is 5.92 Å². The molecule has 1 saturated carbocycles. The molecule has 2 aliphatic rings. The summed E-state index contributed by atoms with van der Waals surface area (Å²) in [7, 11) is 0. The highest BCUT2D eigenvalue weighted by Gasteiger charge is 2.43. The summed E-state index contributed by atoms with van der Waals surface area (Å²) in [6, 6.07) is 0. The van der Waals surface area contributed by atoms with E-state index in [9.17, 15) is 0 Å². The Morgan fingerprint density at radius 2 is 2.13 bits per heavy atom. The summed E-state index contributed by atoms with van der Waals surface area (Å²) in [6.07, 6.45) is 14.6. The smallest absolute Gasteiger partial charge is 0.0209 e. The van der Waals surface area contributed by atoms with Crippen LogP contribution in [0.1, 0.15) is 57.8 Å². The Bertz CT molecular complexity index is 197. The average molecular weight is 207 g/mol. The molecule has 0 aromatic heterocycles. The topological polar surface area (TPSA) is 12.0 Å². The van der Waals surface area contributed by atoms with Crippen LogP contribution < -0.4 is 5.32 Å². The van der Waals surface area contributed by atoms with Crippen molar-refractivity contribution in [2.75, 3.05) is 6.54 Å². The largest absolute Gasteiger partial charge is 0.311 e. The maximum atomic E-state index is 3.88. The molecule has 15 heavy (non-hydrogen) atoms. The van der Waals surface area contributed by atoms with E-state index in [0.717, 1.165) is 5.92 Å². The van der Waals surface area contributed by atoms with Crippen LogP contribution in [-0.4, -0.2) is 12.1 Å².